The quantitative estimate of drug-likeness (QED) is 0.671. The summed E-state index contributed by atoms with van der Waals surface area (Å²) in [5, 5.41) is 0.522. The Balaban J connectivity index is 2.14. The Morgan fingerprint density at radius 2 is 2.36 bits per heavy atom. The van der Waals surface area contributed by atoms with Gasteiger partial charge in [-0.3, -0.25) is 0 Å². The van der Waals surface area contributed by atoms with Gasteiger partial charge in [-0.25, -0.2) is 9.97 Å². The second-order valence-corrected chi connectivity index (χ2v) is 4.06. The smallest absolute Gasteiger partial charge is 0.132 e. The maximum Gasteiger partial charge on any atom is 0.132 e. The van der Waals surface area contributed by atoms with Crippen molar-refractivity contribution in [2.24, 2.45) is 0 Å². The minimum absolute atomic E-state index is 0.322. The van der Waals surface area contributed by atoms with Gasteiger partial charge in [0.1, 0.15) is 11.5 Å². The molecule has 0 radical (unpaired) electrons. The Morgan fingerprint density at radius 1 is 1.50 bits per heavy atom. The first-order valence-corrected chi connectivity index (χ1v) is 5.22. The number of hydrogen-bond acceptors (Lipinski definition) is 3. The van der Waals surface area contributed by atoms with Gasteiger partial charge in [0.25, 0.3) is 0 Å². The van der Waals surface area contributed by atoms with E-state index in [0.29, 0.717) is 17.2 Å². The van der Waals surface area contributed by atoms with Gasteiger partial charge >= 0.3 is 0 Å². The maximum atomic E-state index is 5.82. The summed E-state index contributed by atoms with van der Waals surface area (Å²) in [5.41, 5.74) is 1.04. The Bertz CT molecular complexity index is 319. The molecule has 2 rings (SSSR count). The summed E-state index contributed by atoms with van der Waals surface area (Å²) in [6.07, 6.45) is 3.89. The highest BCUT2D eigenvalue weighted by molar-refractivity contribution is 6.29. The van der Waals surface area contributed by atoms with Crippen molar-refractivity contribution in [1.82, 2.24) is 9.97 Å². The van der Waals surface area contributed by atoms with Gasteiger partial charge in [0, 0.05) is 18.2 Å². The molecule has 14 heavy (non-hydrogen) atoms. The second-order valence-electron chi connectivity index (χ2n) is 3.67. The highest BCUT2D eigenvalue weighted by atomic mass is 35.5. The third-order valence-corrected chi connectivity index (χ3v) is 2.76. The first-order chi connectivity index (χ1) is 6.75. The van der Waals surface area contributed by atoms with Crippen LogP contribution in [0.5, 0.6) is 0 Å². The molecule has 1 fully saturated rings. The summed E-state index contributed by atoms with van der Waals surface area (Å²) in [5.74, 6) is 0.472. The molecule has 0 spiro atoms. The zero-order valence-corrected chi connectivity index (χ0v) is 8.87. The summed E-state index contributed by atoms with van der Waals surface area (Å²) >= 11 is 5.82. The molecular weight excluding hydrogens is 200 g/mol. The van der Waals surface area contributed by atoms with E-state index >= 15 is 0 Å². The van der Waals surface area contributed by atoms with Gasteiger partial charge in [-0.1, -0.05) is 11.6 Å². The molecule has 0 bridgehead atoms. The van der Waals surface area contributed by atoms with E-state index in [1.54, 1.807) is 0 Å². The molecule has 4 heteroatoms. The van der Waals surface area contributed by atoms with Crippen molar-refractivity contribution >= 4 is 11.6 Å². The lowest BCUT2D eigenvalue weighted by Gasteiger charge is -2.26. The Hall–Kier alpha value is -0.670. The van der Waals surface area contributed by atoms with Crippen molar-refractivity contribution in [3.8, 4) is 0 Å². The number of hydrogen-bond donors (Lipinski definition) is 0. The molecule has 0 aromatic carbocycles. The lowest BCUT2D eigenvalue weighted by molar-refractivity contribution is 0.0180. The highest BCUT2D eigenvalue weighted by Gasteiger charge is 2.21. The summed E-state index contributed by atoms with van der Waals surface area (Å²) in [6, 6.07) is 1.85. The van der Waals surface area contributed by atoms with Gasteiger partial charge in [-0.05, 0) is 25.8 Å². The molecule has 76 valence electrons. The van der Waals surface area contributed by atoms with Gasteiger partial charge in [0.05, 0.1) is 6.10 Å². The van der Waals surface area contributed by atoms with Crippen LogP contribution in [0.4, 0.5) is 0 Å². The standard InChI is InChI=1S/C10H13ClN2O/c1-7-4-8(2-3-14-7)9-5-10(11)13-6-12-9/h5-8H,2-4H2,1H3. The lowest BCUT2D eigenvalue weighted by atomic mass is 9.93. The number of nitrogens with zero attached hydrogens (tertiary/aromatic N) is 2. The van der Waals surface area contributed by atoms with Gasteiger partial charge in [0.15, 0.2) is 0 Å². The fourth-order valence-electron chi connectivity index (χ4n) is 1.84. The molecule has 3 nitrogen and oxygen atoms in total. The summed E-state index contributed by atoms with van der Waals surface area (Å²) < 4.78 is 5.48. The van der Waals surface area contributed by atoms with Crippen LogP contribution in [-0.4, -0.2) is 22.7 Å². The van der Waals surface area contributed by atoms with Crippen LogP contribution in [0.15, 0.2) is 12.4 Å². The SMILES string of the molecule is CC1CC(c2cc(Cl)ncn2)CCO1. The van der Waals surface area contributed by atoms with E-state index in [2.05, 4.69) is 16.9 Å². The van der Waals surface area contributed by atoms with E-state index in [0.717, 1.165) is 25.1 Å². The van der Waals surface area contributed by atoms with E-state index in [9.17, 15) is 0 Å². The van der Waals surface area contributed by atoms with E-state index in [4.69, 9.17) is 16.3 Å². The van der Waals surface area contributed by atoms with Gasteiger partial charge in [-0.15, -0.1) is 0 Å². The summed E-state index contributed by atoms with van der Waals surface area (Å²) in [7, 11) is 0. The lowest BCUT2D eigenvalue weighted by Crippen LogP contribution is -2.22. The number of ether oxygens (including phenoxy) is 1. The summed E-state index contributed by atoms with van der Waals surface area (Å²) in [4.78, 5) is 8.12. The molecule has 1 aliphatic heterocycles. The van der Waals surface area contributed by atoms with Crippen LogP contribution >= 0.6 is 11.6 Å². The predicted octanol–water partition coefficient (Wildman–Crippen LogP) is 2.41. The molecule has 0 aliphatic carbocycles. The zero-order chi connectivity index (χ0) is 9.97. The Labute approximate surface area is 88.5 Å². The number of aromatic nitrogens is 2. The van der Waals surface area contributed by atoms with E-state index in [1.165, 1.54) is 6.33 Å². The van der Waals surface area contributed by atoms with Crippen LogP contribution in [-0.2, 0) is 4.74 Å². The first kappa shape index (κ1) is 9.87. The van der Waals surface area contributed by atoms with Crippen LogP contribution in [0.1, 0.15) is 31.4 Å². The van der Waals surface area contributed by atoms with Crippen molar-refractivity contribution < 1.29 is 4.74 Å². The third kappa shape index (κ3) is 2.22. The van der Waals surface area contributed by atoms with Crippen molar-refractivity contribution in [2.75, 3.05) is 6.61 Å². The molecule has 0 saturated carbocycles. The third-order valence-electron chi connectivity index (χ3n) is 2.56. The maximum absolute atomic E-state index is 5.82. The second kappa shape index (κ2) is 4.24. The Kier molecular flexibility index (Phi) is 2.99. The van der Waals surface area contributed by atoms with Crippen LogP contribution in [0.25, 0.3) is 0 Å². The molecule has 2 unspecified atom stereocenters. The molecule has 1 aromatic rings. The van der Waals surface area contributed by atoms with Gasteiger partial charge < -0.3 is 4.74 Å². The Morgan fingerprint density at radius 3 is 3.07 bits per heavy atom. The molecule has 1 aliphatic rings. The van der Waals surface area contributed by atoms with Gasteiger partial charge in [0.2, 0.25) is 0 Å². The molecule has 0 amide bonds. The van der Waals surface area contributed by atoms with Gasteiger partial charge in [-0.2, -0.15) is 0 Å². The van der Waals surface area contributed by atoms with Crippen molar-refractivity contribution in [2.45, 2.75) is 31.8 Å². The van der Waals surface area contributed by atoms with Crippen molar-refractivity contribution in [3.05, 3.63) is 23.2 Å². The molecule has 1 aromatic heterocycles. The fourth-order valence-corrected chi connectivity index (χ4v) is 1.99. The normalized spacial score (nSPS) is 27.6. The van der Waals surface area contributed by atoms with Crippen LogP contribution < -0.4 is 0 Å². The molecule has 1 saturated heterocycles. The van der Waals surface area contributed by atoms with Crippen molar-refractivity contribution in [3.63, 3.8) is 0 Å². The molecular formula is C10H13ClN2O. The van der Waals surface area contributed by atoms with E-state index in [-0.39, 0.29) is 0 Å². The van der Waals surface area contributed by atoms with Crippen molar-refractivity contribution in [1.29, 1.82) is 0 Å². The highest BCUT2D eigenvalue weighted by Crippen LogP contribution is 2.29. The zero-order valence-electron chi connectivity index (χ0n) is 8.11. The number of rotatable bonds is 1. The predicted molar refractivity (Wildman–Crippen MR) is 54.4 cm³/mol. The average Bonchev–Trinajstić information content (AvgIpc) is 2.18. The average molecular weight is 213 g/mol. The minimum Gasteiger partial charge on any atom is -0.378 e. The van der Waals surface area contributed by atoms with Crippen LogP contribution in [0.2, 0.25) is 5.15 Å². The monoisotopic (exact) mass is 212 g/mol. The van der Waals surface area contributed by atoms with E-state index in [1.807, 2.05) is 6.07 Å². The van der Waals surface area contributed by atoms with E-state index < -0.39 is 0 Å². The molecule has 0 N–H and O–H groups in total. The largest absolute Gasteiger partial charge is 0.378 e. The molecule has 2 heterocycles. The molecule has 2 atom stereocenters. The van der Waals surface area contributed by atoms with Crippen LogP contribution in [0.3, 0.4) is 0 Å². The number of halogens is 1. The first-order valence-electron chi connectivity index (χ1n) is 4.85. The topological polar surface area (TPSA) is 35.0 Å². The fraction of sp³-hybridized carbons (Fsp3) is 0.600. The summed E-state index contributed by atoms with van der Waals surface area (Å²) in [6.45, 7) is 2.91. The minimum atomic E-state index is 0.322. The van der Waals surface area contributed by atoms with Crippen LogP contribution in [0, 0.1) is 0 Å².